The van der Waals surface area contributed by atoms with Gasteiger partial charge in [0, 0.05) is 11.6 Å². The zero-order valence-corrected chi connectivity index (χ0v) is 17.7. The largest absolute Gasteiger partial charge is 0.493 e. The van der Waals surface area contributed by atoms with Gasteiger partial charge in [-0.1, -0.05) is 0 Å². The molecule has 12 nitrogen and oxygen atoms in total. The zero-order chi connectivity index (χ0) is 24.2. The van der Waals surface area contributed by atoms with Crippen molar-refractivity contribution in [2.24, 2.45) is 5.73 Å². The third kappa shape index (κ3) is 4.56. The number of nitro groups is 1. The number of nitrogens with zero attached hydrogens (tertiary/aromatic N) is 2. The second kappa shape index (κ2) is 9.69. The van der Waals surface area contributed by atoms with E-state index in [4.69, 9.17) is 24.7 Å². The summed E-state index contributed by atoms with van der Waals surface area (Å²) in [5.41, 5.74) is 4.94. The van der Waals surface area contributed by atoms with Crippen molar-refractivity contribution in [3.63, 3.8) is 0 Å². The Morgan fingerprint density at radius 1 is 1.44 bits per heavy atom. The van der Waals surface area contributed by atoms with Crippen LogP contribution < -0.4 is 15.2 Å². The molecule has 2 rings (SSSR count). The van der Waals surface area contributed by atoms with Gasteiger partial charge < -0.3 is 29.8 Å². The highest BCUT2D eigenvalue weighted by Gasteiger charge is 2.40. The predicted octanol–water partition coefficient (Wildman–Crippen LogP) is 2.10. The Morgan fingerprint density at radius 3 is 2.59 bits per heavy atom. The molecule has 0 fully saturated rings. The molecule has 1 aromatic rings. The summed E-state index contributed by atoms with van der Waals surface area (Å²) in [5, 5.41) is 30.5. The summed E-state index contributed by atoms with van der Waals surface area (Å²) in [6.07, 6.45) is -1.40. The van der Waals surface area contributed by atoms with Crippen LogP contribution in [0.1, 0.15) is 32.3 Å². The van der Waals surface area contributed by atoms with Crippen molar-refractivity contribution < 1.29 is 38.6 Å². The molecule has 2 atom stereocenters. The van der Waals surface area contributed by atoms with Gasteiger partial charge in [0.15, 0.2) is 17.6 Å². The SMILES string of the molecule is CCOC(=O)C1=C(C)OC(N)=C(C#N)C1c1cc([N+](=O)[O-])cc(OC)c1OC(C)C(=O)O. The predicted molar refractivity (Wildman–Crippen MR) is 107 cm³/mol. The van der Waals surface area contributed by atoms with Gasteiger partial charge in [0.1, 0.15) is 17.4 Å². The van der Waals surface area contributed by atoms with Gasteiger partial charge in [0.2, 0.25) is 5.88 Å². The van der Waals surface area contributed by atoms with Crippen molar-refractivity contribution >= 4 is 17.6 Å². The van der Waals surface area contributed by atoms with E-state index in [0.717, 1.165) is 12.1 Å². The van der Waals surface area contributed by atoms with Crippen LogP contribution in [-0.4, -0.2) is 41.8 Å². The van der Waals surface area contributed by atoms with Gasteiger partial charge in [-0.15, -0.1) is 0 Å². The summed E-state index contributed by atoms with van der Waals surface area (Å²) in [4.78, 5) is 34.9. The first-order valence-electron chi connectivity index (χ1n) is 9.28. The Morgan fingerprint density at radius 2 is 2.09 bits per heavy atom. The number of rotatable bonds is 8. The normalized spacial score (nSPS) is 16.5. The lowest BCUT2D eigenvalue weighted by atomic mass is 9.82. The molecule has 3 N–H and O–H groups in total. The molecule has 2 unspecified atom stereocenters. The first kappa shape index (κ1) is 24.0. The van der Waals surface area contributed by atoms with Crippen molar-refractivity contribution in [2.75, 3.05) is 13.7 Å². The standard InChI is InChI=1S/C20H21N3O9/c1-5-30-20(26)15-9(2)32-18(22)13(8-21)16(15)12-6-11(23(27)28)7-14(29-4)17(12)31-10(3)19(24)25/h6-7,10,16H,5,22H2,1-4H3,(H,24,25). The number of benzene rings is 1. The van der Waals surface area contributed by atoms with Crippen LogP contribution in [0.4, 0.5) is 5.69 Å². The molecule has 0 bridgehead atoms. The van der Waals surface area contributed by atoms with E-state index in [-0.39, 0.29) is 46.5 Å². The number of carbonyl (C=O) groups is 2. The van der Waals surface area contributed by atoms with E-state index in [1.807, 2.05) is 6.07 Å². The van der Waals surface area contributed by atoms with E-state index < -0.39 is 34.6 Å². The third-order valence-corrected chi connectivity index (χ3v) is 4.55. The van der Waals surface area contributed by atoms with E-state index in [1.54, 1.807) is 6.92 Å². The number of ether oxygens (including phenoxy) is 4. The van der Waals surface area contributed by atoms with Crippen molar-refractivity contribution in [1.29, 1.82) is 5.26 Å². The van der Waals surface area contributed by atoms with Gasteiger partial charge in [-0.05, 0) is 20.8 Å². The second-order valence-electron chi connectivity index (χ2n) is 6.54. The maximum Gasteiger partial charge on any atom is 0.344 e. The highest BCUT2D eigenvalue weighted by atomic mass is 16.6. The molecule has 32 heavy (non-hydrogen) atoms. The Balaban J connectivity index is 2.92. The molecule has 0 aromatic heterocycles. The molecule has 0 aliphatic carbocycles. The van der Waals surface area contributed by atoms with E-state index in [1.165, 1.54) is 21.0 Å². The van der Waals surface area contributed by atoms with E-state index in [9.17, 15) is 30.1 Å². The number of carboxylic acids is 1. The summed E-state index contributed by atoms with van der Waals surface area (Å²) in [6, 6.07) is 3.93. The van der Waals surface area contributed by atoms with Gasteiger partial charge >= 0.3 is 11.9 Å². The lowest BCUT2D eigenvalue weighted by Gasteiger charge is -2.28. The maximum atomic E-state index is 12.7. The summed E-state index contributed by atoms with van der Waals surface area (Å²) in [7, 11) is 1.20. The molecule has 1 aliphatic heterocycles. The fourth-order valence-corrected chi connectivity index (χ4v) is 3.10. The third-order valence-electron chi connectivity index (χ3n) is 4.55. The van der Waals surface area contributed by atoms with Crippen LogP contribution in [0.15, 0.2) is 34.9 Å². The van der Waals surface area contributed by atoms with Crippen LogP contribution in [0.3, 0.4) is 0 Å². The number of nitriles is 1. The minimum Gasteiger partial charge on any atom is -0.493 e. The molecule has 1 aromatic carbocycles. The van der Waals surface area contributed by atoms with Crippen LogP contribution in [0.2, 0.25) is 0 Å². The monoisotopic (exact) mass is 447 g/mol. The fourth-order valence-electron chi connectivity index (χ4n) is 3.10. The average molecular weight is 447 g/mol. The molecular weight excluding hydrogens is 426 g/mol. The Bertz CT molecular complexity index is 1070. The van der Waals surface area contributed by atoms with E-state index in [0.29, 0.717) is 0 Å². The minimum atomic E-state index is -1.40. The fraction of sp³-hybridized carbons (Fsp3) is 0.350. The lowest BCUT2D eigenvalue weighted by molar-refractivity contribution is -0.385. The molecule has 170 valence electrons. The van der Waals surface area contributed by atoms with Gasteiger partial charge in [-0.2, -0.15) is 5.26 Å². The number of hydrogen-bond donors (Lipinski definition) is 2. The van der Waals surface area contributed by atoms with Crippen LogP contribution in [0.5, 0.6) is 11.5 Å². The number of aliphatic carboxylic acids is 1. The molecular formula is C20H21N3O9. The molecule has 0 amide bonds. The van der Waals surface area contributed by atoms with Crippen molar-refractivity contribution in [1.82, 2.24) is 0 Å². The Labute approximate surface area is 182 Å². The van der Waals surface area contributed by atoms with Crippen LogP contribution in [-0.2, 0) is 19.1 Å². The number of allylic oxidation sites excluding steroid dienone is 2. The van der Waals surface area contributed by atoms with Crippen LogP contribution in [0, 0.1) is 21.4 Å². The first-order valence-corrected chi connectivity index (χ1v) is 9.28. The number of esters is 1. The molecule has 12 heteroatoms. The van der Waals surface area contributed by atoms with Crippen molar-refractivity contribution in [3.05, 3.63) is 50.6 Å². The summed E-state index contributed by atoms with van der Waals surface area (Å²) >= 11 is 0. The summed E-state index contributed by atoms with van der Waals surface area (Å²) < 4.78 is 21.1. The smallest absolute Gasteiger partial charge is 0.344 e. The molecule has 1 aliphatic rings. The number of carboxylic acid groups (broad SMARTS) is 1. The van der Waals surface area contributed by atoms with E-state index in [2.05, 4.69) is 0 Å². The van der Waals surface area contributed by atoms with Crippen LogP contribution >= 0.6 is 0 Å². The summed E-state index contributed by atoms with van der Waals surface area (Å²) in [5.74, 6) is -4.19. The summed E-state index contributed by atoms with van der Waals surface area (Å²) in [6.45, 7) is 4.22. The number of methoxy groups -OCH3 is 1. The Hall–Kier alpha value is -4.27. The highest BCUT2D eigenvalue weighted by molar-refractivity contribution is 5.93. The second-order valence-corrected chi connectivity index (χ2v) is 6.54. The minimum absolute atomic E-state index is 0.00107. The number of hydrogen-bond acceptors (Lipinski definition) is 10. The van der Waals surface area contributed by atoms with Crippen molar-refractivity contribution in [2.45, 2.75) is 32.8 Å². The molecule has 1 heterocycles. The topological polar surface area (TPSA) is 184 Å². The lowest BCUT2D eigenvalue weighted by Crippen LogP contribution is -2.28. The Kier molecular flexibility index (Phi) is 7.27. The van der Waals surface area contributed by atoms with E-state index >= 15 is 0 Å². The van der Waals surface area contributed by atoms with Crippen LogP contribution in [0.25, 0.3) is 0 Å². The number of non-ortho nitro benzene ring substituents is 1. The molecule has 0 saturated carbocycles. The van der Waals surface area contributed by atoms with Gasteiger partial charge in [0.25, 0.3) is 5.69 Å². The molecule has 0 saturated heterocycles. The van der Waals surface area contributed by atoms with Gasteiger partial charge in [0.05, 0.1) is 36.2 Å². The first-order chi connectivity index (χ1) is 15.1. The number of nitro benzene ring substituents is 1. The molecule has 0 spiro atoms. The number of carbonyl (C=O) groups excluding carboxylic acids is 1. The highest BCUT2D eigenvalue weighted by Crippen LogP contribution is 2.48. The zero-order valence-electron chi connectivity index (χ0n) is 17.7. The average Bonchev–Trinajstić information content (AvgIpc) is 2.72. The quantitative estimate of drug-likeness (QED) is 0.338. The number of nitrogens with two attached hydrogens (primary N) is 1. The molecule has 0 radical (unpaired) electrons. The van der Waals surface area contributed by atoms with Gasteiger partial charge in [-0.25, -0.2) is 9.59 Å². The maximum absolute atomic E-state index is 12.7. The van der Waals surface area contributed by atoms with Gasteiger partial charge in [-0.3, -0.25) is 10.1 Å². The van der Waals surface area contributed by atoms with Crippen molar-refractivity contribution in [3.8, 4) is 17.6 Å².